The van der Waals surface area contributed by atoms with E-state index in [1.807, 2.05) is 18.3 Å². The molecule has 2 aromatic rings. The van der Waals surface area contributed by atoms with Crippen molar-refractivity contribution in [3.63, 3.8) is 0 Å². The molecule has 1 saturated heterocycles. The summed E-state index contributed by atoms with van der Waals surface area (Å²) in [5, 5.41) is 8.51. The van der Waals surface area contributed by atoms with E-state index in [2.05, 4.69) is 26.4 Å². The lowest BCUT2D eigenvalue weighted by Gasteiger charge is -2.30. The molecule has 2 aromatic heterocycles. The van der Waals surface area contributed by atoms with Gasteiger partial charge in [0.05, 0.1) is 0 Å². The Morgan fingerprint density at radius 2 is 2.11 bits per heavy atom. The number of fused-ring (bicyclic) bond motifs is 1. The summed E-state index contributed by atoms with van der Waals surface area (Å²) in [5.41, 5.74) is 7.35. The maximum atomic E-state index is 5.76. The van der Waals surface area contributed by atoms with Crippen LogP contribution in [0.4, 0.5) is 5.69 Å². The number of pyridine rings is 1. The highest BCUT2D eigenvalue weighted by molar-refractivity contribution is 5.51. The van der Waals surface area contributed by atoms with E-state index in [1.54, 1.807) is 0 Å². The molecule has 5 nitrogen and oxygen atoms in total. The van der Waals surface area contributed by atoms with Crippen molar-refractivity contribution >= 4 is 11.3 Å². The lowest BCUT2D eigenvalue weighted by molar-refractivity contribution is 0.190. The predicted octanol–water partition coefficient (Wildman–Crippen LogP) is 1.59. The fraction of sp³-hybridized carbons (Fsp3) is 0.571. The number of rotatable bonds is 3. The Morgan fingerprint density at radius 1 is 1.32 bits per heavy atom. The molecule has 0 spiro atoms. The molecule has 0 amide bonds. The minimum Gasteiger partial charge on any atom is -0.399 e. The molecule has 1 aliphatic heterocycles. The molecular weight excluding hydrogens is 238 g/mol. The summed E-state index contributed by atoms with van der Waals surface area (Å²) in [4.78, 5) is 2.51. The summed E-state index contributed by atoms with van der Waals surface area (Å²) in [6.07, 6.45) is 5.51. The van der Waals surface area contributed by atoms with Crippen molar-refractivity contribution in [3.8, 4) is 0 Å². The largest absolute Gasteiger partial charge is 0.399 e. The van der Waals surface area contributed by atoms with Crippen molar-refractivity contribution < 1.29 is 0 Å². The average molecular weight is 259 g/mol. The van der Waals surface area contributed by atoms with Crippen molar-refractivity contribution in [2.45, 2.75) is 26.2 Å². The third-order valence-electron chi connectivity index (χ3n) is 4.13. The van der Waals surface area contributed by atoms with Crippen LogP contribution in [0, 0.1) is 5.92 Å². The zero-order valence-corrected chi connectivity index (χ0v) is 11.4. The Hall–Kier alpha value is -1.62. The predicted molar refractivity (Wildman–Crippen MR) is 75.9 cm³/mol. The minimum atomic E-state index is 0.729. The van der Waals surface area contributed by atoms with E-state index in [4.69, 9.17) is 5.73 Å². The molecule has 3 rings (SSSR count). The molecule has 0 radical (unpaired) electrons. The van der Waals surface area contributed by atoms with E-state index in [0.29, 0.717) is 0 Å². The van der Waals surface area contributed by atoms with Gasteiger partial charge in [0.25, 0.3) is 0 Å². The van der Waals surface area contributed by atoms with E-state index < -0.39 is 0 Å². The number of hydrogen-bond donors (Lipinski definition) is 1. The lowest BCUT2D eigenvalue weighted by atomic mass is 9.93. The van der Waals surface area contributed by atoms with Crippen LogP contribution in [-0.2, 0) is 6.42 Å². The van der Waals surface area contributed by atoms with E-state index >= 15 is 0 Å². The fourth-order valence-electron chi connectivity index (χ4n) is 2.86. The zero-order chi connectivity index (χ0) is 13.2. The van der Waals surface area contributed by atoms with Crippen molar-refractivity contribution in [2.75, 3.05) is 25.4 Å². The molecule has 1 aliphatic rings. The van der Waals surface area contributed by atoms with Gasteiger partial charge >= 0.3 is 0 Å². The quantitative estimate of drug-likeness (QED) is 0.909. The van der Waals surface area contributed by atoms with Crippen molar-refractivity contribution in [2.24, 2.45) is 5.92 Å². The molecule has 0 saturated carbocycles. The first kappa shape index (κ1) is 12.4. The number of nitrogens with two attached hydrogens (primary N) is 1. The van der Waals surface area contributed by atoms with E-state index in [0.717, 1.165) is 29.5 Å². The average Bonchev–Trinajstić information content (AvgIpc) is 2.82. The van der Waals surface area contributed by atoms with Crippen LogP contribution in [0.5, 0.6) is 0 Å². The summed E-state index contributed by atoms with van der Waals surface area (Å²) >= 11 is 0. The molecule has 0 aliphatic carbocycles. The Bertz CT molecular complexity index is 554. The van der Waals surface area contributed by atoms with Gasteiger partial charge < -0.3 is 10.6 Å². The smallest absolute Gasteiger partial charge is 0.162 e. The maximum absolute atomic E-state index is 5.76. The van der Waals surface area contributed by atoms with Crippen LogP contribution in [0.15, 0.2) is 18.3 Å². The van der Waals surface area contributed by atoms with E-state index in [1.165, 1.54) is 32.5 Å². The summed E-state index contributed by atoms with van der Waals surface area (Å²) in [5.74, 6) is 1.79. The van der Waals surface area contributed by atoms with Crippen molar-refractivity contribution in [1.29, 1.82) is 0 Å². The number of nitrogen functional groups attached to an aromatic ring is 1. The van der Waals surface area contributed by atoms with Gasteiger partial charge in [-0.1, -0.05) is 6.92 Å². The van der Waals surface area contributed by atoms with Crippen LogP contribution < -0.4 is 5.73 Å². The number of aromatic nitrogens is 3. The second-order valence-corrected chi connectivity index (χ2v) is 5.39. The zero-order valence-electron chi connectivity index (χ0n) is 11.4. The standard InChI is InChI=1S/C14H21N5/c1-2-18-6-3-11(4-7-18)9-13-16-17-14-10-12(15)5-8-19(13)14/h5,8,10-11H,2-4,6-7,9,15H2,1H3. The van der Waals surface area contributed by atoms with Gasteiger partial charge in [-0.25, -0.2) is 0 Å². The Kier molecular flexibility index (Phi) is 3.38. The second kappa shape index (κ2) is 5.17. The summed E-state index contributed by atoms with van der Waals surface area (Å²) in [7, 11) is 0. The maximum Gasteiger partial charge on any atom is 0.162 e. The number of nitrogens with zero attached hydrogens (tertiary/aromatic N) is 4. The number of likely N-dealkylation sites (tertiary alicyclic amines) is 1. The van der Waals surface area contributed by atoms with Gasteiger partial charge in [-0.2, -0.15) is 0 Å². The Labute approximate surface area is 113 Å². The molecule has 2 N–H and O–H groups in total. The van der Waals surface area contributed by atoms with Gasteiger partial charge in [0.2, 0.25) is 0 Å². The van der Waals surface area contributed by atoms with Crippen LogP contribution in [0.3, 0.4) is 0 Å². The molecule has 0 aromatic carbocycles. The van der Waals surface area contributed by atoms with Crippen molar-refractivity contribution in [3.05, 3.63) is 24.2 Å². The highest BCUT2D eigenvalue weighted by atomic mass is 15.2. The molecule has 19 heavy (non-hydrogen) atoms. The third-order valence-corrected chi connectivity index (χ3v) is 4.13. The van der Waals surface area contributed by atoms with Crippen LogP contribution in [0.25, 0.3) is 5.65 Å². The summed E-state index contributed by atoms with van der Waals surface area (Å²) in [6, 6.07) is 3.77. The van der Waals surface area contributed by atoms with Gasteiger partial charge in [0.15, 0.2) is 5.65 Å². The molecule has 1 fully saturated rings. The van der Waals surface area contributed by atoms with Crippen molar-refractivity contribution in [1.82, 2.24) is 19.5 Å². The van der Waals surface area contributed by atoms with Crippen LogP contribution in [-0.4, -0.2) is 39.1 Å². The monoisotopic (exact) mass is 259 g/mol. The molecule has 0 bridgehead atoms. The normalized spacial score (nSPS) is 18.2. The number of anilines is 1. The van der Waals surface area contributed by atoms with Crippen LogP contribution >= 0.6 is 0 Å². The third kappa shape index (κ3) is 2.56. The molecular formula is C14H21N5. The Balaban J connectivity index is 1.72. The molecule has 0 unspecified atom stereocenters. The number of hydrogen-bond acceptors (Lipinski definition) is 4. The Morgan fingerprint density at radius 3 is 2.84 bits per heavy atom. The SMILES string of the molecule is CCN1CCC(Cc2nnc3cc(N)ccn23)CC1. The summed E-state index contributed by atoms with van der Waals surface area (Å²) in [6.45, 7) is 5.83. The fourth-order valence-corrected chi connectivity index (χ4v) is 2.86. The minimum absolute atomic E-state index is 0.729. The van der Waals surface area contributed by atoms with Gasteiger partial charge in [0.1, 0.15) is 5.82 Å². The second-order valence-electron chi connectivity index (χ2n) is 5.39. The first-order valence-corrected chi connectivity index (χ1v) is 7.07. The first-order chi connectivity index (χ1) is 9.26. The van der Waals surface area contributed by atoms with E-state index in [9.17, 15) is 0 Å². The van der Waals surface area contributed by atoms with Gasteiger partial charge in [-0.3, -0.25) is 4.40 Å². The van der Waals surface area contributed by atoms with Crippen LogP contribution in [0.2, 0.25) is 0 Å². The van der Waals surface area contributed by atoms with Gasteiger partial charge in [-0.15, -0.1) is 10.2 Å². The highest BCUT2D eigenvalue weighted by Gasteiger charge is 2.20. The number of piperidine rings is 1. The summed E-state index contributed by atoms with van der Waals surface area (Å²) < 4.78 is 2.06. The molecule has 0 atom stereocenters. The van der Waals surface area contributed by atoms with Gasteiger partial charge in [0, 0.05) is 24.4 Å². The highest BCUT2D eigenvalue weighted by Crippen LogP contribution is 2.21. The molecule has 5 heteroatoms. The molecule has 3 heterocycles. The van der Waals surface area contributed by atoms with E-state index in [-0.39, 0.29) is 0 Å². The topological polar surface area (TPSA) is 59.5 Å². The van der Waals surface area contributed by atoms with Gasteiger partial charge in [-0.05, 0) is 44.5 Å². The van der Waals surface area contributed by atoms with Crippen LogP contribution in [0.1, 0.15) is 25.6 Å². The molecule has 102 valence electrons. The lowest BCUT2D eigenvalue weighted by Crippen LogP contribution is -2.34. The first-order valence-electron chi connectivity index (χ1n) is 7.07.